The van der Waals surface area contributed by atoms with Gasteiger partial charge < -0.3 is 10.3 Å². The Bertz CT molecular complexity index is 1130. The lowest BCUT2D eigenvalue weighted by atomic mass is 10.1. The van der Waals surface area contributed by atoms with Crippen LogP contribution >= 0.6 is 22.9 Å². The van der Waals surface area contributed by atoms with Gasteiger partial charge in [0, 0.05) is 33.2 Å². The molecule has 26 heavy (non-hydrogen) atoms. The summed E-state index contributed by atoms with van der Waals surface area (Å²) in [6.07, 6.45) is 0.781. The van der Waals surface area contributed by atoms with Gasteiger partial charge in [-0.1, -0.05) is 41.4 Å². The normalized spacial score (nSPS) is 11.3. The topological polar surface area (TPSA) is 44.9 Å². The number of carbonyl (C=O) groups excluding carboxylic acids is 1. The average molecular weight is 383 g/mol. The van der Waals surface area contributed by atoms with Gasteiger partial charge in [-0.25, -0.2) is 0 Å². The van der Waals surface area contributed by atoms with Gasteiger partial charge in [0.1, 0.15) is 4.88 Å². The van der Waals surface area contributed by atoms with E-state index in [0.717, 1.165) is 27.7 Å². The van der Waals surface area contributed by atoms with Crippen molar-refractivity contribution >= 4 is 49.8 Å². The molecule has 0 bridgehead atoms. The maximum absolute atomic E-state index is 12.6. The molecule has 0 aliphatic carbocycles. The molecule has 2 aromatic carbocycles. The van der Waals surface area contributed by atoms with E-state index >= 15 is 0 Å². The van der Waals surface area contributed by atoms with E-state index in [1.54, 1.807) is 0 Å². The van der Waals surface area contributed by atoms with Crippen LogP contribution < -0.4 is 5.32 Å². The molecule has 2 aromatic heterocycles. The summed E-state index contributed by atoms with van der Waals surface area (Å²) in [4.78, 5) is 16.6. The van der Waals surface area contributed by atoms with Gasteiger partial charge in [0.25, 0.3) is 5.91 Å². The number of carbonyl (C=O) groups is 1. The highest BCUT2D eigenvalue weighted by molar-refractivity contribution is 7.21. The number of thiophene rings is 1. The first-order chi connectivity index (χ1) is 12.5. The zero-order chi connectivity index (χ0) is 18.3. The first kappa shape index (κ1) is 17.1. The Morgan fingerprint density at radius 3 is 2.77 bits per heavy atom. The number of hydrogen-bond donors (Lipinski definition) is 2. The lowest BCUT2D eigenvalue weighted by Crippen LogP contribution is -2.25. The van der Waals surface area contributed by atoms with Crippen molar-refractivity contribution in [3.63, 3.8) is 0 Å². The van der Waals surface area contributed by atoms with Crippen LogP contribution in [0.25, 0.3) is 21.0 Å². The Morgan fingerprint density at radius 2 is 1.96 bits per heavy atom. The summed E-state index contributed by atoms with van der Waals surface area (Å²) in [5, 5.41) is 5.73. The molecule has 4 aromatic rings. The standard InChI is InChI=1S/C21H19ClN2OS/c1-12-7-8-17-16(11-12)14(13(2)24-17)9-10-23-21(25)20-19(22)15-5-3-4-6-18(15)26-20/h3-8,11,24H,9-10H2,1-2H3,(H,23,25). The van der Waals surface area contributed by atoms with Crippen LogP contribution in [0.1, 0.15) is 26.5 Å². The maximum Gasteiger partial charge on any atom is 0.262 e. The largest absolute Gasteiger partial charge is 0.358 e. The number of fused-ring (bicyclic) bond motifs is 2. The molecule has 0 saturated carbocycles. The fourth-order valence-corrected chi connectivity index (χ4v) is 4.79. The van der Waals surface area contributed by atoms with Crippen LogP contribution in [0.3, 0.4) is 0 Å². The van der Waals surface area contributed by atoms with Crippen molar-refractivity contribution in [1.29, 1.82) is 0 Å². The van der Waals surface area contributed by atoms with Gasteiger partial charge in [0.15, 0.2) is 0 Å². The van der Waals surface area contributed by atoms with E-state index in [1.165, 1.54) is 27.8 Å². The third-order valence-electron chi connectivity index (χ3n) is 4.68. The molecule has 2 heterocycles. The van der Waals surface area contributed by atoms with Crippen molar-refractivity contribution in [1.82, 2.24) is 10.3 Å². The Balaban J connectivity index is 1.51. The van der Waals surface area contributed by atoms with E-state index in [4.69, 9.17) is 11.6 Å². The smallest absolute Gasteiger partial charge is 0.262 e. The second-order valence-corrected chi connectivity index (χ2v) is 7.95. The summed E-state index contributed by atoms with van der Waals surface area (Å²) in [5.41, 5.74) is 4.78. The quantitative estimate of drug-likeness (QED) is 0.472. The molecule has 0 fully saturated rings. The molecule has 5 heteroatoms. The van der Waals surface area contributed by atoms with Gasteiger partial charge in [-0.05, 0) is 44.0 Å². The van der Waals surface area contributed by atoms with Crippen molar-refractivity contribution in [2.24, 2.45) is 0 Å². The van der Waals surface area contributed by atoms with E-state index in [1.807, 2.05) is 24.3 Å². The Hall–Kier alpha value is -2.30. The molecule has 0 spiro atoms. The van der Waals surface area contributed by atoms with Crippen LogP contribution in [0.15, 0.2) is 42.5 Å². The summed E-state index contributed by atoms with van der Waals surface area (Å²) >= 11 is 7.83. The zero-order valence-electron chi connectivity index (χ0n) is 14.7. The van der Waals surface area contributed by atoms with Crippen molar-refractivity contribution in [2.75, 3.05) is 6.54 Å². The number of amides is 1. The van der Waals surface area contributed by atoms with Gasteiger partial charge >= 0.3 is 0 Å². The van der Waals surface area contributed by atoms with E-state index in [0.29, 0.717) is 16.4 Å². The van der Waals surface area contributed by atoms with Gasteiger partial charge in [0.2, 0.25) is 0 Å². The van der Waals surface area contributed by atoms with Crippen LogP contribution in [0, 0.1) is 13.8 Å². The minimum Gasteiger partial charge on any atom is -0.358 e. The van der Waals surface area contributed by atoms with E-state index in [9.17, 15) is 4.79 Å². The number of aryl methyl sites for hydroxylation is 2. The molecule has 0 unspecified atom stereocenters. The number of halogens is 1. The predicted octanol–water partition coefficient (Wildman–Crippen LogP) is 5.63. The van der Waals surface area contributed by atoms with E-state index < -0.39 is 0 Å². The van der Waals surface area contributed by atoms with Crippen molar-refractivity contribution in [3.8, 4) is 0 Å². The van der Waals surface area contributed by atoms with Crippen LogP contribution in [-0.2, 0) is 6.42 Å². The summed E-state index contributed by atoms with van der Waals surface area (Å²) < 4.78 is 1.03. The highest BCUT2D eigenvalue weighted by atomic mass is 35.5. The van der Waals surface area contributed by atoms with Crippen LogP contribution in [0.2, 0.25) is 5.02 Å². The number of aromatic nitrogens is 1. The SMILES string of the molecule is Cc1ccc2[nH]c(C)c(CCNC(=O)c3sc4ccccc4c3Cl)c2c1. The predicted molar refractivity (Wildman–Crippen MR) is 111 cm³/mol. The van der Waals surface area contributed by atoms with Crippen molar-refractivity contribution < 1.29 is 4.79 Å². The summed E-state index contributed by atoms with van der Waals surface area (Å²) in [5.74, 6) is -0.107. The molecule has 0 radical (unpaired) electrons. The Kier molecular flexibility index (Phi) is 4.47. The second kappa shape index (κ2) is 6.78. The molecule has 2 N–H and O–H groups in total. The van der Waals surface area contributed by atoms with Crippen LogP contribution in [0.4, 0.5) is 0 Å². The first-order valence-electron chi connectivity index (χ1n) is 8.57. The fraction of sp³-hybridized carbons (Fsp3) is 0.190. The number of benzene rings is 2. The minimum atomic E-state index is -0.107. The summed E-state index contributed by atoms with van der Waals surface area (Å²) in [6.45, 7) is 4.75. The number of hydrogen-bond acceptors (Lipinski definition) is 2. The van der Waals surface area contributed by atoms with Crippen molar-refractivity contribution in [3.05, 3.63) is 69.2 Å². The molecule has 0 atom stereocenters. The molecule has 4 rings (SSSR count). The summed E-state index contributed by atoms with van der Waals surface area (Å²) in [7, 11) is 0. The van der Waals surface area contributed by atoms with Gasteiger partial charge in [-0.2, -0.15) is 0 Å². The molecule has 0 aliphatic rings. The number of H-pyrrole nitrogens is 1. The van der Waals surface area contributed by atoms with Crippen LogP contribution in [-0.4, -0.2) is 17.4 Å². The maximum atomic E-state index is 12.6. The molecule has 0 aliphatic heterocycles. The lowest BCUT2D eigenvalue weighted by Gasteiger charge is -2.05. The molecule has 0 saturated heterocycles. The van der Waals surface area contributed by atoms with Crippen molar-refractivity contribution in [2.45, 2.75) is 20.3 Å². The minimum absolute atomic E-state index is 0.107. The van der Waals surface area contributed by atoms with Gasteiger partial charge in [0.05, 0.1) is 5.02 Å². The van der Waals surface area contributed by atoms with Gasteiger partial charge in [-0.15, -0.1) is 11.3 Å². The average Bonchev–Trinajstić information content (AvgIpc) is 3.12. The number of rotatable bonds is 4. The highest BCUT2D eigenvalue weighted by Crippen LogP contribution is 2.35. The second-order valence-electron chi connectivity index (χ2n) is 6.52. The fourth-order valence-electron chi connectivity index (χ4n) is 3.36. The molecular formula is C21H19ClN2OS. The molecule has 1 amide bonds. The number of aromatic amines is 1. The first-order valence-corrected chi connectivity index (χ1v) is 9.77. The third kappa shape index (κ3) is 3.00. The molecule has 3 nitrogen and oxygen atoms in total. The van der Waals surface area contributed by atoms with E-state index in [2.05, 4.69) is 42.3 Å². The monoisotopic (exact) mass is 382 g/mol. The molecular weight excluding hydrogens is 364 g/mol. The van der Waals surface area contributed by atoms with Crippen LogP contribution in [0.5, 0.6) is 0 Å². The van der Waals surface area contributed by atoms with Gasteiger partial charge in [-0.3, -0.25) is 4.79 Å². The Morgan fingerprint density at radius 1 is 1.15 bits per heavy atom. The molecule has 132 valence electrons. The van der Waals surface area contributed by atoms with E-state index in [-0.39, 0.29) is 5.91 Å². The summed E-state index contributed by atoms with van der Waals surface area (Å²) in [6, 6.07) is 14.2. The number of nitrogens with one attached hydrogen (secondary N) is 2. The highest BCUT2D eigenvalue weighted by Gasteiger charge is 2.17. The Labute approximate surface area is 161 Å². The lowest BCUT2D eigenvalue weighted by molar-refractivity contribution is 0.0958. The third-order valence-corrected chi connectivity index (χ3v) is 6.35. The zero-order valence-corrected chi connectivity index (χ0v) is 16.2.